The minimum Gasteiger partial charge on any atom is -0.250 e. The van der Waals surface area contributed by atoms with Crippen LogP contribution in [0.4, 0.5) is 0 Å². The van der Waals surface area contributed by atoms with Crippen molar-refractivity contribution in [2.24, 2.45) is 0 Å². The molecule has 102 valence electrons. The van der Waals surface area contributed by atoms with Crippen molar-refractivity contribution >= 4 is 15.9 Å². The second kappa shape index (κ2) is 6.33. The van der Waals surface area contributed by atoms with Gasteiger partial charge in [0.05, 0.1) is 0 Å². The summed E-state index contributed by atoms with van der Waals surface area (Å²) in [6.07, 6.45) is 3.63. The zero-order valence-corrected chi connectivity index (χ0v) is 13.1. The SMILES string of the molecule is CCn1ncnc1CC(CC)(CBr)c1ccccc1. The fourth-order valence-electron chi connectivity index (χ4n) is 2.43. The highest BCUT2D eigenvalue weighted by Gasteiger charge is 2.31. The van der Waals surface area contributed by atoms with Gasteiger partial charge in [0, 0.05) is 23.7 Å². The van der Waals surface area contributed by atoms with Gasteiger partial charge in [-0.05, 0) is 18.9 Å². The molecule has 19 heavy (non-hydrogen) atoms. The molecule has 0 spiro atoms. The van der Waals surface area contributed by atoms with Crippen LogP contribution in [0.25, 0.3) is 0 Å². The molecule has 4 heteroatoms. The second-order valence-corrected chi connectivity index (χ2v) is 5.36. The van der Waals surface area contributed by atoms with Crippen molar-refractivity contribution in [2.45, 2.75) is 38.6 Å². The molecule has 0 bridgehead atoms. The van der Waals surface area contributed by atoms with Crippen LogP contribution in [-0.2, 0) is 18.4 Å². The molecule has 1 unspecified atom stereocenters. The molecule has 0 aliphatic carbocycles. The molecule has 0 fully saturated rings. The van der Waals surface area contributed by atoms with Crippen LogP contribution in [0.2, 0.25) is 0 Å². The smallest absolute Gasteiger partial charge is 0.138 e. The molecule has 1 atom stereocenters. The Balaban J connectivity index is 2.35. The summed E-state index contributed by atoms with van der Waals surface area (Å²) >= 11 is 3.70. The first-order valence-corrected chi connectivity index (χ1v) is 7.86. The lowest BCUT2D eigenvalue weighted by molar-refractivity contribution is 0.436. The summed E-state index contributed by atoms with van der Waals surface area (Å²) in [5.41, 5.74) is 1.45. The van der Waals surface area contributed by atoms with Gasteiger partial charge in [-0.3, -0.25) is 4.68 Å². The van der Waals surface area contributed by atoms with E-state index in [0.29, 0.717) is 0 Å². The molecule has 0 saturated carbocycles. The highest BCUT2D eigenvalue weighted by molar-refractivity contribution is 9.09. The third-order valence-corrected chi connectivity index (χ3v) is 4.88. The standard InChI is InChI=1S/C15H20BrN3/c1-3-15(11-16,13-8-6-5-7-9-13)10-14-17-12-18-19(14)4-2/h5-9,12H,3-4,10-11H2,1-2H3. The van der Waals surface area contributed by atoms with E-state index in [4.69, 9.17) is 0 Å². The first-order chi connectivity index (χ1) is 9.25. The predicted molar refractivity (Wildman–Crippen MR) is 81.6 cm³/mol. The number of benzene rings is 1. The molecule has 0 aliphatic rings. The van der Waals surface area contributed by atoms with Crippen LogP contribution in [0.15, 0.2) is 36.7 Å². The van der Waals surface area contributed by atoms with E-state index in [2.05, 4.69) is 70.2 Å². The molecule has 0 N–H and O–H groups in total. The zero-order chi connectivity index (χ0) is 13.7. The minimum atomic E-state index is 0.0845. The van der Waals surface area contributed by atoms with E-state index in [1.807, 2.05) is 4.68 Å². The number of nitrogens with zero attached hydrogens (tertiary/aromatic N) is 3. The van der Waals surface area contributed by atoms with Crippen LogP contribution in [0.3, 0.4) is 0 Å². The van der Waals surface area contributed by atoms with Crippen molar-refractivity contribution in [2.75, 3.05) is 5.33 Å². The van der Waals surface area contributed by atoms with Gasteiger partial charge in [-0.2, -0.15) is 5.10 Å². The van der Waals surface area contributed by atoms with Crippen molar-refractivity contribution in [3.63, 3.8) is 0 Å². The first-order valence-electron chi connectivity index (χ1n) is 6.74. The quantitative estimate of drug-likeness (QED) is 0.761. The van der Waals surface area contributed by atoms with Crippen molar-refractivity contribution in [1.82, 2.24) is 14.8 Å². The van der Waals surface area contributed by atoms with Gasteiger partial charge in [0.1, 0.15) is 12.2 Å². The van der Waals surface area contributed by atoms with Crippen LogP contribution in [0.1, 0.15) is 31.7 Å². The van der Waals surface area contributed by atoms with Gasteiger partial charge in [0.2, 0.25) is 0 Å². The first kappa shape index (κ1) is 14.3. The Bertz CT molecular complexity index is 503. The molecule has 1 aromatic heterocycles. The van der Waals surface area contributed by atoms with E-state index in [1.165, 1.54) is 5.56 Å². The van der Waals surface area contributed by atoms with E-state index in [1.54, 1.807) is 6.33 Å². The number of aromatic nitrogens is 3. The predicted octanol–water partition coefficient (Wildman–Crippen LogP) is 3.58. The normalized spacial score (nSPS) is 14.3. The zero-order valence-electron chi connectivity index (χ0n) is 11.5. The topological polar surface area (TPSA) is 30.7 Å². The average Bonchev–Trinajstić information content (AvgIpc) is 2.93. The monoisotopic (exact) mass is 321 g/mol. The molecule has 0 radical (unpaired) electrons. The van der Waals surface area contributed by atoms with Crippen LogP contribution in [0.5, 0.6) is 0 Å². The van der Waals surface area contributed by atoms with Gasteiger partial charge < -0.3 is 0 Å². The van der Waals surface area contributed by atoms with Crippen molar-refractivity contribution in [1.29, 1.82) is 0 Å². The number of alkyl halides is 1. The van der Waals surface area contributed by atoms with Gasteiger partial charge in [-0.15, -0.1) is 0 Å². The summed E-state index contributed by atoms with van der Waals surface area (Å²) in [5, 5.41) is 5.20. The maximum Gasteiger partial charge on any atom is 0.138 e. The Labute approximate surface area is 123 Å². The number of hydrogen-bond donors (Lipinski definition) is 0. The summed E-state index contributed by atoms with van der Waals surface area (Å²) in [4.78, 5) is 4.42. The molecule has 2 aromatic rings. The fourth-order valence-corrected chi connectivity index (χ4v) is 3.35. The Hall–Kier alpha value is -1.16. The summed E-state index contributed by atoms with van der Waals surface area (Å²) < 4.78 is 1.98. The molecular weight excluding hydrogens is 302 g/mol. The molecule has 1 heterocycles. The lowest BCUT2D eigenvalue weighted by Crippen LogP contribution is -2.31. The number of hydrogen-bond acceptors (Lipinski definition) is 2. The number of aryl methyl sites for hydroxylation is 1. The molecule has 2 rings (SSSR count). The molecule has 3 nitrogen and oxygen atoms in total. The Morgan fingerprint density at radius 3 is 2.53 bits per heavy atom. The van der Waals surface area contributed by atoms with Gasteiger partial charge in [-0.25, -0.2) is 4.98 Å². The minimum absolute atomic E-state index is 0.0845. The van der Waals surface area contributed by atoms with Crippen LogP contribution >= 0.6 is 15.9 Å². The lowest BCUT2D eigenvalue weighted by atomic mass is 9.77. The van der Waals surface area contributed by atoms with Gasteiger partial charge in [0.25, 0.3) is 0 Å². The van der Waals surface area contributed by atoms with Crippen molar-refractivity contribution in [3.05, 3.63) is 48.0 Å². The molecule has 0 aliphatic heterocycles. The number of halogens is 1. The third-order valence-electron chi connectivity index (χ3n) is 3.81. The summed E-state index contributed by atoms with van der Waals surface area (Å²) in [6, 6.07) is 10.7. The van der Waals surface area contributed by atoms with E-state index < -0.39 is 0 Å². The molecule has 0 saturated heterocycles. The third kappa shape index (κ3) is 2.89. The lowest BCUT2D eigenvalue weighted by Gasteiger charge is -2.31. The molecule has 0 amide bonds. The maximum absolute atomic E-state index is 4.42. The Morgan fingerprint density at radius 1 is 1.21 bits per heavy atom. The largest absolute Gasteiger partial charge is 0.250 e. The van der Waals surface area contributed by atoms with E-state index in [-0.39, 0.29) is 5.41 Å². The highest BCUT2D eigenvalue weighted by atomic mass is 79.9. The van der Waals surface area contributed by atoms with Crippen molar-refractivity contribution in [3.8, 4) is 0 Å². The van der Waals surface area contributed by atoms with Crippen LogP contribution in [-0.4, -0.2) is 20.1 Å². The summed E-state index contributed by atoms with van der Waals surface area (Å²) in [5.74, 6) is 1.06. The maximum atomic E-state index is 4.42. The summed E-state index contributed by atoms with van der Waals surface area (Å²) in [7, 11) is 0. The van der Waals surface area contributed by atoms with Crippen molar-refractivity contribution < 1.29 is 0 Å². The van der Waals surface area contributed by atoms with E-state index >= 15 is 0 Å². The second-order valence-electron chi connectivity index (χ2n) is 4.80. The average molecular weight is 322 g/mol. The van der Waals surface area contributed by atoms with Gasteiger partial charge >= 0.3 is 0 Å². The number of rotatable bonds is 6. The Morgan fingerprint density at radius 2 is 1.95 bits per heavy atom. The van der Waals surface area contributed by atoms with Crippen LogP contribution < -0.4 is 0 Å². The fraction of sp³-hybridized carbons (Fsp3) is 0.467. The molecule has 1 aromatic carbocycles. The van der Waals surface area contributed by atoms with Crippen LogP contribution in [0, 0.1) is 0 Å². The van der Waals surface area contributed by atoms with E-state index in [9.17, 15) is 0 Å². The molecular formula is C15H20BrN3. The van der Waals surface area contributed by atoms with Gasteiger partial charge in [-0.1, -0.05) is 53.2 Å². The Kier molecular flexibility index (Phi) is 4.75. The highest BCUT2D eigenvalue weighted by Crippen LogP contribution is 2.33. The summed E-state index contributed by atoms with van der Waals surface area (Å²) in [6.45, 7) is 5.20. The van der Waals surface area contributed by atoms with E-state index in [0.717, 1.165) is 30.5 Å². The van der Waals surface area contributed by atoms with Gasteiger partial charge in [0.15, 0.2) is 0 Å².